The van der Waals surface area contributed by atoms with E-state index in [1.165, 1.54) is 6.92 Å². The standard InChI is InChI=1S/C4H10O3.C4H8O2/c5-1-3-7-4-2-6;1-3-6-4(2)5/h5-6H,1-4H2;3H2,1-2H3. The smallest absolute Gasteiger partial charge is 0.302 e. The van der Waals surface area contributed by atoms with Gasteiger partial charge in [0.1, 0.15) is 0 Å². The molecule has 13 heavy (non-hydrogen) atoms. The number of hydrogen-bond acceptors (Lipinski definition) is 5. The van der Waals surface area contributed by atoms with Gasteiger partial charge in [0, 0.05) is 6.92 Å². The van der Waals surface area contributed by atoms with E-state index in [4.69, 9.17) is 10.2 Å². The number of esters is 1. The van der Waals surface area contributed by atoms with Gasteiger partial charge in [0.15, 0.2) is 0 Å². The van der Waals surface area contributed by atoms with Crippen molar-refractivity contribution < 1.29 is 24.5 Å². The molecule has 0 aliphatic carbocycles. The Morgan fingerprint density at radius 1 is 1.23 bits per heavy atom. The van der Waals surface area contributed by atoms with Gasteiger partial charge in [-0.3, -0.25) is 4.79 Å². The number of carbonyl (C=O) groups is 1. The van der Waals surface area contributed by atoms with E-state index in [0.717, 1.165) is 0 Å². The zero-order chi connectivity index (χ0) is 10.5. The third-order valence-electron chi connectivity index (χ3n) is 0.819. The molecular weight excluding hydrogens is 176 g/mol. The highest BCUT2D eigenvalue weighted by molar-refractivity contribution is 5.65. The highest BCUT2D eigenvalue weighted by Crippen LogP contribution is 1.69. The summed E-state index contributed by atoms with van der Waals surface area (Å²) in [6, 6.07) is 0. The molecule has 0 unspecified atom stereocenters. The molecule has 0 fully saturated rings. The first-order valence-corrected chi connectivity index (χ1v) is 4.11. The lowest BCUT2D eigenvalue weighted by molar-refractivity contribution is -0.140. The van der Waals surface area contributed by atoms with E-state index < -0.39 is 0 Å². The highest BCUT2D eigenvalue weighted by atomic mass is 16.5. The molecule has 0 heterocycles. The fourth-order valence-corrected chi connectivity index (χ4v) is 0.434. The summed E-state index contributed by atoms with van der Waals surface area (Å²) < 4.78 is 9.03. The van der Waals surface area contributed by atoms with Crippen molar-refractivity contribution in [1.82, 2.24) is 0 Å². The Hall–Kier alpha value is -0.650. The van der Waals surface area contributed by atoms with Crippen LogP contribution in [0.25, 0.3) is 0 Å². The summed E-state index contributed by atoms with van der Waals surface area (Å²) >= 11 is 0. The second kappa shape index (κ2) is 13.9. The van der Waals surface area contributed by atoms with Gasteiger partial charge in [-0.25, -0.2) is 0 Å². The van der Waals surface area contributed by atoms with Crippen LogP contribution in [0.2, 0.25) is 0 Å². The summed E-state index contributed by atoms with van der Waals surface area (Å²) in [6.07, 6.45) is 0. The third-order valence-corrected chi connectivity index (χ3v) is 0.819. The minimum atomic E-state index is -0.211. The van der Waals surface area contributed by atoms with Crippen LogP contribution in [-0.2, 0) is 14.3 Å². The van der Waals surface area contributed by atoms with Crippen LogP contribution in [0.15, 0.2) is 0 Å². The lowest BCUT2D eigenvalue weighted by Crippen LogP contribution is -2.03. The first-order chi connectivity index (χ1) is 6.18. The molecule has 5 heteroatoms. The van der Waals surface area contributed by atoms with Crippen molar-refractivity contribution >= 4 is 5.97 Å². The van der Waals surface area contributed by atoms with Crippen LogP contribution >= 0.6 is 0 Å². The predicted molar refractivity (Wildman–Crippen MR) is 47.3 cm³/mol. The molecule has 0 aromatic carbocycles. The van der Waals surface area contributed by atoms with Gasteiger partial charge >= 0.3 is 5.97 Å². The lowest BCUT2D eigenvalue weighted by Gasteiger charge is -1.94. The van der Waals surface area contributed by atoms with Gasteiger partial charge in [0.25, 0.3) is 0 Å². The van der Waals surface area contributed by atoms with Crippen molar-refractivity contribution in [2.45, 2.75) is 13.8 Å². The molecule has 0 saturated carbocycles. The molecular formula is C8H18O5. The average Bonchev–Trinajstić information content (AvgIpc) is 2.06. The zero-order valence-electron chi connectivity index (χ0n) is 8.15. The van der Waals surface area contributed by atoms with E-state index in [9.17, 15) is 4.79 Å². The Labute approximate surface area is 78.3 Å². The maximum absolute atomic E-state index is 9.82. The van der Waals surface area contributed by atoms with Gasteiger partial charge in [-0.1, -0.05) is 0 Å². The Kier molecular flexibility index (Phi) is 15.9. The number of carbonyl (C=O) groups excluding carboxylic acids is 1. The van der Waals surface area contributed by atoms with Crippen LogP contribution in [0.4, 0.5) is 0 Å². The molecule has 0 bridgehead atoms. The maximum atomic E-state index is 9.82. The van der Waals surface area contributed by atoms with Crippen LogP contribution in [0.5, 0.6) is 0 Å². The van der Waals surface area contributed by atoms with Crippen LogP contribution in [0, 0.1) is 0 Å². The Bertz CT molecular complexity index is 101. The van der Waals surface area contributed by atoms with E-state index in [1.807, 2.05) is 0 Å². The number of hydrogen-bond donors (Lipinski definition) is 2. The fraction of sp³-hybridized carbons (Fsp3) is 0.875. The summed E-state index contributed by atoms with van der Waals surface area (Å²) in [5.41, 5.74) is 0. The molecule has 0 rings (SSSR count). The van der Waals surface area contributed by atoms with Gasteiger partial charge in [-0.2, -0.15) is 0 Å². The Morgan fingerprint density at radius 2 is 1.69 bits per heavy atom. The molecule has 0 aromatic heterocycles. The predicted octanol–water partition coefficient (Wildman–Crippen LogP) is -0.443. The molecule has 0 spiro atoms. The largest absolute Gasteiger partial charge is 0.466 e. The van der Waals surface area contributed by atoms with Crippen LogP contribution in [0.1, 0.15) is 13.8 Å². The van der Waals surface area contributed by atoms with E-state index in [-0.39, 0.29) is 19.2 Å². The minimum absolute atomic E-state index is 0.0278. The second-order valence-electron chi connectivity index (χ2n) is 1.98. The Morgan fingerprint density at radius 3 is 1.85 bits per heavy atom. The van der Waals surface area contributed by atoms with Crippen molar-refractivity contribution in [2.75, 3.05) is 33.0 Å². The molecule has 0 radical (unpaired) electrons. The van der Waals surface area contributed by atoms with Crippen molar-refractivity contribution in [2.24, 2.45) is 0 Å². The van der Waals surface area contributed by atoms with Gasteiger partial charge < -0.3 is 19.7 Å². The summed E-state index contributed by atoms with van der Waals surface area (Å²) in [5.74, 6) is -0.211. The van der Waals surface area contributed by atoms with Crippen molar-refractivity contribution in [3.8, 4) is 0 Å². The average molecular weight is 194 g/mol. The summed E-state index contributed by atoms with van der Waals surface area (Å²) in [5, 5.41) is 16.2. The van der Waals surface area contributed by atoms with E-state index in [2.05, 4.69) is 9.47 Å². The van der Waals surface area contributed by atoms with Gasteiger partial charge in [-0.15, -0.1) is 0 Å². The normalized spacial score (nSPS) is 8.62. The van der Waals surface area contributed by atoms with Crippen LogP contribution < -0.4 is 0 Å². The summed E-state index contributed by atoms with van der Waals surface area (Å²) in [7, 11) is 0. The molecule has 0 aliphatic rings. The fourth-order valence-electron chi connectivity index (χ4n) is 0.434. The molecule has 0 aromatic rings. The number of rotatable bonds is 5. The van der Waals surface area contributed by atoms with Crippen LogP contribution in [-0.4, -0.2) is 49.2 Å². The summed E-state index contributed by atoms with van der Waals surface area (Å²) in [4.78, 5) is 9.82. The van der Waals surface area contributed by atoms with Gasteiger partial charge in [0.05, 0.1) is 33.0 Å². The monoisotopic (exact) mass is 194 g/mol. The number of aliphatic hydroxyl groups excluding tert-OH is 2. The lowest BCUT2D eigenvalue weighted by atomic mass is 10.7. The minimum Gasteiger partial charge on any atom is -0.466 e. The highest BCUT2D eigenvalue weighted by Gasteiger charge is 1.81. The van der Waals surface area contributed by atoms with Gasteiger partial charge in [0.2, 0.25) is 0 Å². The number of aliphatic hydroxyl groups is 2. The quantitative estimate of drug-likeness (QED) is 0.458. The molecule has 2 N–H and O–H groups in total. The molecule has 0 saturated heterocycles. The Balaban J connectivity index is 0. The van der Waals surface area contributed by atoms with Crippen molar-refractivity contribution in [1.29, 1.82) is 0 Å². The first kappa shape index (κ1) is 14.9. The van der Waals surface area contributed by atoms with Crippen molar-refractivity contribution in [3.63, 3.8) is 0 Å². The van der Waals surface area contributed by atoms with Crippen molar-refractivity contribution in [3.05, 3.63) is 0 Å². The molecule has 80 valence electrons. The second-order valence-corrected chi connectivity index (χ2v) is 1.98. The SMILES string of the molecule is CCOC(C)=O.OCCOCCO. The third kappa shape index (κ3) is 24.6. The summed E-state index contributed by atoms with van der Waals surface area (Å²) in [6.45, 7) is 4.35. The first-order valence-electron chi connectivity index (χ1n) is 4.11. The zero-order valence-corrected chi connectivity index (χ0v) is 8.15. The maximum Gasteiger partial charge on any atom is 0.302 e. The molecule has 5 nitrogen and oxygen atoms in total. The molecule has 0 atom stereocenters. The van der Waals surface area contributed by atoms with Gasteiger partial charge in [-0.05, 0) is 6.92 Å². The topological polar surface area (TPSA) is 76.0 Å². The van der Waals surface area contributed by atoms with Crippen LogP contribution in [0.3, 0.4) is 0 Å². The van der Waals surface area contributed by atoms with E-state index in [1.54, 1.807) is 6.92 Å². The molecule has 0 aliphatic heterocycles. The number of ether oxygens (including phenoxy) is 2. The molecule has 0 amide bonds. The van der Waals surface area contributed by atoms with E-state index in [0.29, 0.717) is 19.8 Å². The van der Waals surface area contributed by atoms with E-state index >= 15 is 0 Å².